The summed E-state index contributed by atoms with van der Waals surface area (Å²) in [5.74, 6) is 0.187. The highest BCUT2D eigenvalue weighted by atomic mass is 16.5. The fourth-order valence-electron chi connectivity index (χ4n) is 2.11. The number of ether oxygens (including phenoxy) is 1. The van der Waals surface area contributed by atoms with E-state index >= 15 is 0 Å². The summed E-state index contributed by atoms with van der Waals surface area (Å²) in [6.45, 7) is 6.91. The van der Waals surface area contributed by atoms with Gasteiger partial charge in [-0.2, -0.15) is 0 Å². The summed E-state index contributed by atoms with van der Waals surface area (Å²) in [7, 11) is 1.85. The number of nitrogens with one attached hydrogen (secondary N) is 1. The zero-order valence-electron chi connectivity index (χ0n) is 10.7. The second-order valence-electron chi connectivity index (χ2n) is 4.64. The summed E-state index contributed by atoms with van der Waals surface area (Å²) in [5, 5.41) is 3.33. The van der Waals surface area contributed by atoms with Gasteiger partial charge in [0, 0.05) is 20.2 Å². The molecule has 94 valence electrons. The number of carbonyl (C=O) groups is 1. The van der Waals surface area contributed by atoms with E-state index in [1.165, 1.54) is 6.42 Å². The van der Waals surface area contributed by atoms with E-state index in [1.54, 1.807) is 4.90 Å². The van der Waals surface area contributed by atoms with E-state index in [-0.39, 0.29) is 11.4 Å². The van der Waals surface area contributed by atoms with Gasteiger partial charge in [0.25, 0.3) is 0 Å². The van der Waals surface area contributed by atoms with Gasteiger partial charge in [0.05, 0.1) is 12.1 Å². The minimum Gasteiger partial charge on any atom is -0.380 e. The van der Waals surface area contributed by atoms with E-state index in [0.29, 0.717) is 19.8 Å². The molecule has 1 heterocycles. The lowest BCUT2D eigenvalue weighted by molar-refractivity contribution is -0.138. The quantitative estimate of drug-likeness (QED) is 0.714. The van der Waals surface area contributed by atoms with Gasteiger partial charge in [0.1, 0.15) is 0 Å². The monoisotopic (exact) mass is 228 g/mol. The number of amides is 1. The predicted octanol–water partition coefficient (Wildman–Crippen LogP) is 1.01. The third kappa shape index (κ3) is 3.46. The number of piperidine rings is 1. The minimum absolute atomic E-state index is 0.187. The summed E-state index contributed by atoms with van der Waals surface area (Å²) in [6.07, 6.45) is 3.24. The van der Waals surface area contributed by atoms with E-state index in [0.717, 1.165) is 19.4 Å². The van der Waals surface area contributed by atoms with Crippen molar-refractivity contribution in [3.8, 4) is 0 Å². The van der Waals surface area contributed by atoms with Crippen LogP contribution in [0.5, 0.6) is 0 Å². The third-order valence-corrected chi connectivity index (χ3v) is 3.21. The van der Waals surface area contributed by atoms with Crippen molar-refractivity contribution in [2.45, 2.75) is 38.6 Å². The number of hydrogen-bond donors (Lipinski definition) is 1. The van der Waals surface area contributed by atoms with Crippen molar-refractivity contribution < 1.29 is 9.53 Å². The van der Waals surface area contributed by atoms with Crippen LogP contribution >= 0.6 is 0 Å². The third-order valence-electron chi connectivity index (χ3n) is 3.21. The van der Waals surface area contributed by atoms with Crippen molar-refractivity contribution in [1.82, 2.24) is 10.2 Å². The Balaban J connectivity index is 2.41. The van der Waals surface area contributed by atoms with Gasteiger partial charge in [-0.3, -0.25) is 4.79 Å². The van der Waals surface area contributed by atoms with Crippen molar-refractivity contribution in [1.29, 1.82) is 0 Å². The molecule has 1 rings (SSSR count). The Kier molecular flexibility index (Phi) is 5.22. The summed E-state index contributed by atoms with van der Waals surface area (Å²) in [6, 6.07) is 0. The standard InChI is InChI=1S/C12H24N2O2/c1-4-16-10-9-14(3)11(15)12(2)7-5-6-8-13-12/h13H,4-10H2,1-3H3. The Hall–Kier alpha value is -0.610. The molecular formula is C12H24N2O2. The molecule has 1 amide bonds. The van der Waals surface area contributed by atoms with E-state index in [4.69, 9.17) is 4.74 Å². The lowest BCUT2D eigenvalue weighted by Gasteiger charge is -2.36. The highest BCUT2D eigenvalue weighted by molar-refractivity contribution is 5.85. The fourth-order valence-corrected chi connectivity index (χ4v) is 2.11. The minimum atomic E-state index is -0.362. The largest absolute Gasteiger partial charge is 0.380 e. The lowest BCUT2D eigenvalue weighted by atomic mass is 9.89. The molecule has 16 heavy (non-hydrogen) atoms. The Labute approximate surface area is 98.3 Å². The smallest absolute Gasteiger partial charge is 0.242 e. The molecule has 4 heteroatoms. The number of carbonyl (C=O) groups excluding carboxylic acids is 1. The molecule has 0 spiro atoms. The molecule has 1 saturated heterocycles. The Bertz CT molecular complexity index is 225. The summed E-state index contributed by atoms with van der Waals surface area (Å²) >= 11 is 0. The van der Waals surface area contributed by atoms with E-state index in [9.17, 15) is 4.79 Å². The molecule has 0 saturated carbocycles. The van der Waals surface area contributed by atoms with E-state index in [2.05, 4.69) is 5.32 Å². The van der Waals surface area contributed by atoms with Crippen molar-refractivity contribution >= 4 is 5.91 Å². The van der Waals surface area contributed by atoms with Gasteiger partial charge < -0.3 is 15.0 Å². The van der Waals surface area contributed by atoms with Crippen LogP contribution in [0.25, 0.3) is 0 Å². The van der Waals surface area contributed by atoms with Crippen molar-refractivity contribution in [3.63, 3.8) is 0 Å². The number of rotatable bonds is 5. The normalized spacial score (nSPS) is 25.4. The topological polar surface area (TPSA) is 41.6 Å². The molecule has 1 fully saturated rings. The van der Waals surface area contributed by atoms with Crippen LogP contribution in [-0.2, 0) is 9.53 Å². The first-order valence-corrected chi connectivity index (χ1v) is 6.18. The van der Waals surface area contributed by atoms with Crippen molar-refractivity contribution in [2.24, 2.45) is 0 Å². The molecule has 1 unspecified atom stereocenters. The zero-order valence-corrected chi connectivity index (χ0v) is 10.7. The number of nitrogens with zero attached hydrogens (tertiary/aromatic N) is 1. The Morgan fingerprint density at radius 2 is 2.25 bits per heavy atom. The van der Waals surface area contributed by atoms with Gasteiger partial charge in [0.15, 0.2) is 0 Å². The van der Waals surface area contributed by atoms with Gasteiger partial charge in [0.2, 0.25) is 5.91 Å². The molecule has 0 aromatic rings. The summed E-state index contributed by atoms with van der Waals surface area (Å²) in [5.41, 5.74) is -0.362. The van der Waals surface area contributed by atoms with Gasteiger partial charge in [-0.25, -0.2) is 0 Å². The number of likely N-dealkylation sites (N-methyl/N-ethyl adjacent to an activating group) is 1. The first-order valence-electron chi connectivity index (χ1n) is 6.18. The summed E-state index contributed by atoms with van der Waals surface area (Å²) < 4.78 is 5.26. The molecule has 0 aromatic carbocycles. The highest BCUT2D eigenvalue weighted by Gasteiger charge is 2.36. The highest BCUT2D eigenvalue weighted by Crippen LogP contribution is 2.20. The van der Waals surface area contributed by atoms with Crippen LogP contribution < -0.4 is 5.32 Å². The van der Waals surface area contributed by atoms with E-state index < -0.39 is 0 Å². The van der Waals surface area contributed by atoms with Gasteiger partial charge in [-0.15, -0.1) is 0 Å². The number of hydrogen-bond acceptors (Lipinski definition) is 3. The van der Waals surface area contributed by atoms with Crippen LogP contribution in [0.1, 0.15) is 33.1 Å². The first-order chi connectivity index (χ1) is 7.60. The molecule has 1 aliphatic rings. The maximum Gasteiger partial charge on any atom is 0.242 e. The first kappa shape index (κ1) is 13.5. The van der Waals surface area contributed by atoms with Crippen LogP contribution in [0.2, 0.25) is 0 Å². The Morgan fingerprint density at radius 3 is 2.81 bits per heavy atom. The van der Waals surface area contributed by atoms with E-state index in [1.807, 2.05) is 20.9 Å². The molecule has 1 N–H and O–H groups in total. The molecule has 1 aliphatic heterocycles. The Morgan fingerprint density at radius 1 is 1.50 bits per heavy atom. The SMILES string of the molecule is CCOCCN(C)C(=O)C1(C)CCCCN1. The average molecular weight is 228 g/mol. The second kappa shape index (κ2) is 6.21. The van der Waals surface area contributed by atoms with Gasteiger partial charge in [-0.1, -0.05) is 0 Å². The predicted molar refractivity (Wildman–Crippen MR) is 64.4 cm³/mol. The fraction of sp³-hybridized carbons (Fsp3) is 0.917. The zero-order chi connectivity index (χ0) is 12.0. The maximum absolute atomic E-state index is 12.2. The lowest BCUT2D eigenvalue weighted by Crippen LogP contribution is -2.57. The average Bonchev–Trinajstić information content (AvgIpc) is 2.29. The van der Waals surface area contributed by atoms with Crippen molar-refractivity contribution in [2.75, 3.05) is 33.4 Å². The molecule has 0 bridgehead atoms. The molecular weight excluding hydrogens is 204 g/mol. The van der Waals surface area contributed by atoms with Gasteiger partial charge >= 0.3 is 0 Å². The summed E-state index contributed by atoms with van der Waals surface area (Å²) in [4.78, 5) is 14.0. The van der Waals surface area contributed by atoms with Crippen molar-refractivity contribution in [3.05, 3.63) is 0 Å². The molecule has 0 aromatic heterocycles. The van der Waals surface area contributed by atoms with Crippen LogP contribution in [0.15, 0.2) is 0 Å². The van der Waals surface area contributed by atoms with Gasteiger partial charge in [-0.05, 0) is 39.7 Å². The molecule has 1 atom stereocenters. The molecule has 0 radical (unpaired) electrons. The van der Waals surface area contributed by atoms with Crippen LogP contribution in [0.3, 0.4) is 0 Å². The second-order valence-corrected chi connectivity index (χ2v) is 4.64. The molecule has 4 nitrogen and oxygen atoms in total. The maximum atomic E-state index is 12.2. The van der Waals surface area contributed by atoms with Crippen LogP contribution in [-0.4, -0.2) is 49.7 Å². The van der Waals surface area contributed by atoms with Crippen LogP contribution in [0, 0.1) is 0 Å². The van der Waals surface area contributed by atoms with Crippen LogP contribution in [0.4, 0.5) is 0 Å². The molecule has 0 aliphatic carbocycles.